The van der Waals surface area contributed by atoms with Crippen LogP contribution in [0.2, 0.25) is 0 Å². The van der Waals surface area contributed by atoms with Crippen molar-refractivity contribution in [2.45, 2.75) is 66.1 Å². The van der Waals surface area contributed by atoms with Crippen molar-refractivity contribution in [3.63, 3.8) is 0 Å². The van der Waals surface area contributed by atoms with Gasteiger partial charge in [0.15, 0.2) is 6.29 Å². The van der Waals surface area contributed by atoms with Gasteiger partial charge >= 0.3 is 0 Å². The Balaban J connectivity index is 1.80. The lowest BCUT2D eigenvalue weighted by Gasteiger charge is -2.39. The molecule has 1 saturated heterocycles. The van der Waals surface area contributed by atoms with Gasteiger partial charge in [-0.25, -0.2) is 0 Å². The van der Waals surface area contributed by atoms with Gasteiger partial charge in [-0.2, -0.15) is 0 Å². The third-order valence-electron chi connectivity index (χ3n) is 5.41. The number of hydrogen-bond donors (Lipinski definition) is 0. The van der Waals surface area contributed by atoms with Gasteiger partial charge in [0, 0.05) is 22.3 Å². The fourth-order valence-electron chi connectivity index (χ4n) is 3.12. The van der Waals surface area contributed by atoms with Crippen molar-refractivity contribution in [2.24, 2.45) is 11.3 Å². The van der Waals surface area contributed by atoms with Crippen LogP contribution in [0.1, 0.15) is 82.0 Å². The van der Waals surface area contributed by atoms with Gasteiger partial charge in [-0.05, 0) is 25.2 Å². The zero-order valence-electron chi connectivity index (χ0n) is 16.8. The van der Waals surface area contributed by atoms with Crippen molar-refractivity contribution in [2.75, 3.05) is 19.0 Å². The van der Waals surface area contributed by atoms with Crippen LogP contribution in [0.5, 0.6) is 0 Å². The molecule has 3 nitrogen and oxygen atoms in total. The molecule has 0 aliphatic carbocycles. The molecule has 0 unspecified atom stereocenters. The lowest BCUT2D eigenvalue weighted by molar-refractivity contribution is -0.235. The predicted molar refractivity (Wildman–Crippen MR) is 110 cm³/mol. The summed E-state index contributed by atoms with van der Waals surface area (Å²) in [6.07, 6.45) is 5.37. The smallest absolute Gasteiger partial charge is 0.219 e. The number of thioether (sulfide) groups is 1. The van der Waals surface area contributed by atoms with Gasteiger partial charge < -0.3 is 9.47 Å². The monoisotopic (exact) mass is 378 g/mol. The first-order valence-corrected chi connectivity index (χ1v) is 11.0. The van der Waals surface area contributed by atoms with Gasteiger partial charge in [0.25, 0.3) is 0 Å². The van der Waals surface area contributed by atoms with Crippen LogP contribution >= 0.6 is 11.8 Å². The number of carbonyl (C=O) groups excluding carboxylic acids is 1. The van der Waals surface area contributed by atoms with E-state index in [1.807, 2.05) is 24.3 Å². The molecule has 0 amide bonds. The molecule has 1 aromatic carbocycles. The molecule has 1 aliphatic heterocycles. The second-order valence-electron chi connectivity index (χ2n) is 7.81. The number of carbonyl (C=O) groups is 1. The zero-order valence-corrected chi connectivity index (χ0v) is 17.6. The first-order chi connectivity index (χ1) is 12.5. The molecule has 0 N–H and O–H groups in total. The summed E-state index contributed by atoms with van der Waals surface area (Å²) in [4.78, 5) is 12.3. The summed E-state index contributed by atoms with van der Waals surface area (Å²) in [6, 6.07) is 7.71. The van der Waals surface area contributed by atoms with Crippen LogP contribution < -0.4 is 0 Å². The molecule has 4 heteroatoms. The van der Waals surface area contributed by atoms with Crippen molar-refractivity contribution >= 4 is 16.9 Å². The van der Waals surface area contributed by atoms with Crippen LogP contribution in [-0.2, 0) is 9.47 Å². The molecular weight excluding hydrogens is 344 g/mol. The summed E-state index contributed by atoms with van der Waals surface area (Å²) in [7, 11) is 0. The largest absolute Gasteiger partial charge is 0.348 e. The number of hydrogen-bond acceptors (Lipinski definition) is 4. The molecule has 1 aromatic rings. The van der Waals surface area contributed by atoms with E-state index in [0.717, 1.165) is 55.3 Å². The van der Waals surface area contributed by atoms with Crippen molar-refractivity contribution in [3.8, 4) is 0 Å². The Morgan fingerprint density at radius 1 is 1.12 bits per heavy atom. The van der Waals surface area contributed by atoms with Crippen LogP contribution in [0.3, 0.4) is 0 Å². The Morgan fingerprint density at radius 2 is 1.73 bits per heavy atom. The number of rotatable bonds is 9. The van der Waals surface area contributed by atoms with Crippen molar-refractivity contribution in [1.29, 1.82) is 0 Å². The van der Waals surface area contributed by atoms with Crippen LogP contribution in [-0.4, -0.2) is 24.1 Å². The van der Waals surface area contributed by atoms with Gasteiger partial charge in [0.1, 0.15) is 0 Å². The second kappa shape index (κ2) is 10.5. The first kappa shape index (κ1) is 21.5. The third-order valence-corrected chi connectivity index (χ3v) is 6.40. The minimum absolute atomic E-state index is 0.151. The number of ether oxygens (including phenoxy) is 2. The maximum absolute atomic E-state index is 12.3. The lowest BCUT2D eigenvalue weighted by atomic mass is 9.83. The topological polar surface area (TPSA) is 35.5 Å². The van der Waals surface area contributed by atoms with Crippen LogP contribution in [0.15, 0.2) is 24.3 Å². The molecule has 1 fully saturated rings. The summed E-state index contributed by atoms with van der Waals surface area (Å²) in [5.41, 5.74) is 1.90. The number of benzene rings is 1. The van der Waals surface area contributed by atoms with Crippen molar-refractivity contribution in [3.05, 3.63) is 35.4 Å². The molecule has 146 valence electrons. The molecule has 0 saturated carbocycles. The summed E-state index contributed by atoms with van der Waals surface area (Å²) in [5, 5.41) is 0.155. The van der Waals surface area contributed by atoms with E-state index in [1.165, 1.54) is 24.6 Å². The van der Waals surface area contributed by atoms with E-state index in [1.54, 1.807) is 0 Å². The Labute approximate surface area is 163 Å². The molecule has 0 aromatic heterocycles. The summed E-state index contributed by atoms with van der Waals surface area (Å²) >= 11 is 1.43. The maximum atomic E-state index is 12.3. The maximum Gasteiger partial charge on any atom is 0.219 e. The van der Waals surface area contributed by atoms with E-state index >= 15 is 0 Å². The molecule has 0 radical (unpaired) electrons. The Morgan fingerprint density at radius 3 is 2.27 bits per heavy atom. The Kier molecular flexibility index (Phi) is 8.65. The lowest BCUT2D eigenvalue weighted by Crippen LogP contribution is -2.37. The normalized spacial score (nSPS) is 17.6. The van der Waals surface area contributed by atoms with Gasteiger partial charge in [-0.3, -0.25) is 4.79 Å². The van der Waals surface area contributed by atoms with Crippen LogP contribution in [0.25, 0.3) is 0 Å². The fraction of sp³-hybridized carbons (Fsp3) is 0.682. The SMILES string of the molecule is CCC1(CC)COC(c2ccc(C(=O)SCCCCC(C)C)cc2)OC1. The molecule has 0 bridgehead atoms. The van der Waals surface area contributed by atoms with Gasteiger partial charge in [-0.1, -0.05) is 76.6 Å². The fourth-order valence-corrected chi connectivity index (χ4v) is 3.96. The molecule has 1 heterocycles. The minimum Gasteiger partial charge on any atom is -0.348 e. The van der Waals surface area contributed by atoms with Crippen LogP contribution in [0.4, 0.5) is 0 Å². The molecule has 1 aliphatic rings. The Hall–Kier alpha value is -0.840. The van der Waals surface area contributed by atoms with E-state index in [0.29, 0.717) is 0 Å². The third kappa shape index (κ3) is 6.11. The average molecular weight is 379 g/mol. The van der Waals surface area contributed by atoms with Crippen molar-refractivity contribution in [1.82, 2.24) is 0 Å². The van der Waals surface area contributed by atoms with Gasteiger partial charge in [-0.15, -0.1) is 0 Å². The molecule has 2 rings (SSSR count). The van der Waals surface area contributed by atoms with E-state index < -0.39 is 0 Å². The standard InChI is InChI=1S/C22H34O3S/c1-5-22(6-2)15-24-21(25-16-22)19-12-10-18(11-13-19)20(23)26-14-8-7-9-17(3)4/h10-13,17,21H,5-9,14-16H2,1-4H3. The summed E-state index contributed by atoms with van der Waals surface area (Å²) < 4.78 is 11.9. The summed E-state index contributed by atoms with van der Waals surface area (Å²) in [5.74, 6) is 1.64. The predicted octanol–water partition coefficient (Wildman–Crippen LogP) is 6.24. The molecule has 26 heavy (non-hydrogen) atoms. The van der Waals surface area contributed by atoms with E-state index in [2.05, 4.69) is 27.7 Å². The van der Waals surface area contributed by atoms with E-state index in [9.17, 15) is 4.79 Å². The highest BCUT2D eigenvalue weighted by molar-refractivity contribution is 8.14. The molecular formula is C22H34O3S. The summed E-state index contributed by atoms with van der Waals surface area (Å²) in [6.45, 7) is 10.3. The highest BCUT2D eigenvalue weighted by atomic mass is 32.2. The average Bonchev–Trinajstić information content (AvgIpc) is 2.67. The van der Waals surface area contributed by atoms with Crippen LogP contribution in [0, 0.1) is 11.3 Å². The van der Waals surface area contributed by atoms with E-state index in [4.69, 9.17) is 9.47 Å². The Bertz CT molecular complexity index is 539. The zero-order chi connectivity index (χ0) is 19.0. The van der Waals surface area contributed by atoms with E-state index in [-0.39, 0.29) is 16.8 Å². The highest BCUT2D eigenvalue weighted by Gasteiger charge is 2.34. The highest BCUT2D eigenvalue weighted by Crippen LogP contribution is 2.36. The first-order valence-electron chi connectivity index (χ1n) is 10.00. The van der Waals surface area contributed by atoms with Gasteiger partial charge in [0.05, 0.1) is 13.2 Å². The quantitative estimate of drug-likeness (QED) is 0.477. The minimum atomic E-state index is -0.311. The second-order valence-corrected chi connectivity index (χ2v) is 8.88. The molecule has 0 atom stereocenters. The van der Waals surface area contributed by atoms with Crippen molar-refractivity contribution < 1.29 is 14.3 Å². The van der Waals surface area contributed by atoms with Gasteiger partial charge in [0.2, 0.25) is 5.12 Å². The number of unbranched alkanes of at least 4 members (excludes halogenated alkanes) is 1. The molecule has 0 spiro atoms.